The Hall–Kier alpha value is -1.26. The van der Waals surface area contributed by atoms with Gasteiger partial charge in [0.25, 0.3) is 0 Å². The van der Waals surface area contributed by atoms with Crippen molar-refractivity contribution in [1.82, 2.24) is 0 Å². The van der Waals surface area contributed by atoms with Crippen LogP contribution in [-0.4, -0.2) is 31.7 Å². The van der Waals surface area contributed by atoms with E-state index < -0.39 is 0 Å². The van der Waals surface area contributed by atoms with E-state index in [-0.39, 0.29) is 24.3 Å². The number of ether oxygens (including phenoxy) is 2. The maximum atomic E-state index is 12.7. The fourth-order valence-electron chi connectivity index (χ4n) is 1.76. The lowest BCUT2D eigenvalue weighted by Crippen LogP contribution is -2.25. The van der Waals surface area contributed by atoms with Gasteiger partial charge >= 0.3 is 0 Å². The zero-order chi connectivity index (χ0) is 12.1. The van der Waals surface area contributed by atoms with Gasteiger partial charge in [0.2, 0.25) is 0 Å². The highest BCUT2D eigenvalue weighted by Crippen LogP contribution is 2.11. The SMILES string of the molecule is O=C(COC1CCOCC1)c1ccc(F)cc1. The Morgan fingerprint density at radius 3 is 2.59 bits per heavy atom. The molecule has 1 saturated heterocycles. The van der Waals surface area contributed by atoms with Crippen molar-refractivity contribution < 1.29 is 18.7 Å². The van der Waals surface area contributed by atoms with Crippen LogP contribution in [0, 0.1) is 5.82 Å². The molecule has 1 aromatic carbocycles. The minimum absolute atomic E-state index is 0.0519. The molecule has 1 fully saturated rings. The summed E-state index contributed by atoms with van der Waals surface area (Å²) < 4.78 is 23.4. The summed E-state index contributed by atoms with van der Waals surface area (Å²) in [6.07, 6.45) is 1.76. The van der Waals surface area contributed by atoms with Crippen molar-refractivity contribution in [2.75, 3.05) is 19.8 Å². The fraction of sp³-hybridized carbons (Fsp3) is 0.462. The predicted molar refractivity (Wildman–Crippen MR) is 60.5 cm³/mol. The first-order valence-electron chi connectivity index (χ1n) is 5.74. The highest BCUT2D eigenvalue weighted by Gasteiger charge is 2.16. The van der Waals surface area contributed by atoms with E-state index in [2.05, 4.69) is 0 Å². The maximum absolute atomic E-state index is 12.7. The molecule has 1 aliphatic heterocycles. The lowest BCUT2D eigenvalue weighted by atomic mass is 10.1. The molecule has 92 valence electrons. The van der Waals surface area contributed by atoms with Gasteiger partial charge < -0.3 is 9.47 Å². The lowest BCUT2D eigenvalue weighted by Gasteiger charge is -2.21. The lowest BCUT2D eigenvalue weighted by molar-refractivity contribution is -0.0262. The van der Waals surface area contributed by atoms with Gasteiger partial charge in [0.1, 0.15) is 12.4 Å². The molecule has 0 spiro atoms. The molecule has 0 bridgehead atoms. The van der Waals surface area contributed by atoms with Crippen LogP contribution in [0.5, 0.6) is 0 Å². The van der Waals surface area contributed by atoms with Crippen LogP contribution in [0.1, 0.15) is 23.2 Å². The number of carbonyl (C=O) groups is 1. The molecule has 1 heterocycles. The van der Waals surface area contributed by atoms with Crippen molar-refractivity contribution >= 4 is 5.78 Å². The molecule has 1 aliphatic rings. The Bertz CT molecular complexity index is 369. The average Bonchev–Trinajstić information content (AvgIpc) is 2.38. The van der Waals surface area contributed by atoms with Crippen LogP contribution < -0.4 is 0 Å². The van der Waals surface area contributed by atoms with Gasteiger partial charge in [-0.2, -0.15) is 0 Å². The molecular weight excluding hydrogens is 223 g/mol. The molecule has 0 N–H and O–H groups in total. The number of carbonyl (C=O) groups excluding carboxylic acids is 1. The summed E-state index contributed by atoms with van der Waals surface area (Å²) in [5.74, 6) is -0.455. The van der Waals surface area contributed by atoms with E-state index in [1.54, 1.807) is 0 Å². The predicted octanol–water partition coefficient (Wildman–Crippen LogP) is 2.20. The van der Waals surface area contributed by atoms with Gasteiger partial charge in [0, 0.05) is 18.8 Å². The quantitative estimate of drug-likeness (QED) is 0.754. The van der Waals surface area contributed by atoms with E-state index in [0.29, 0.717) is 18.8 Å². The van der Waals surface area contributed by atoms with Gasteiger partial charge in [-0.25, -0.2) is 4.39 Å². The standard InChI is InChI=1S/C13H15FO3/c14-11-3-1-10(2-4-11)13(15)9-17-12-5-7-16-8-6-12/h1-4,12H,5-9H2. The first-order chi connectivity index (χ1) is 8.25. The van der Waals surface area contributed by atoms with Gasteiger partial charge in [0.15, 0.2) is 5.78 Å². The van der Waals surface area contributed by atoms with Crippen molar-refractivity contribution in [3.63, 3.8) is 0 Å². The first kappa shape index (κ1) is 12.2. The third-order valence-electron chi connectivity index (χ3n) is 2.78. The third kappa shape index (κ3) is 3.61. The largest absolute Gasteiger partial charge is 0.381 e. The maximum Gasteiger partial charge on any atom is 0.188 e. The normalized spacial score (nSPS) is 17.0. The van der Waals surface area contributed by atoms with E-state index >= 15 is 0 Å². The zero-order valence-electron chi connectivity index (χ0n) is 9.52. The van der Waals surface area contributed by atoms with E-state index in [1.807, 2.05) is 0 Å². The Balaban J connectivity index is 1.82. The van der Waals surface area contributed by atoms with Crippen LogP contribution >= 0.6 is 0 Å². The molecule has 0 unspecified atom stereocenters. The number of Topliss-reactive ketones (excluding diaryl/α,β-unsaturated/α-hetero) is 1. The van der Waals surface area contributed by atoms with Crippen molar-refractivity contribution in [3.8, 4) is 0 Å². The van der Waals surface area contributed by atoms with Gasteiger partial charge in [0.05, 0.1) is 6.10 Å². The van der Waals surface area contributed by atoms with Gasteiger partial charge in [-0.1, -0.05) is 0 Å². The molecular formula is C13H15FO3. The zero-order valence-corrected chi connectivity index (χ0v) is 9.52. The topological polar surface area (TPSA) is 35.5 Å². The minimum atomic E-state index is -0.341. The van der Waals surface area contributed by atoms with E-state index in [4.69, 9.17) is 9.47 Å². The summed E-state index contributed by atoms with van der Waals surface area (Å²) in [6, 6.07) is 5.51. The second-order valence-electron chi connectivity index (χ2n) is 4.05. The molecule has 0 aromatic heterocycles. The van der Waals surface area contributed by atoms with Gasteiger partial charge in [-0.15, -0.1) is 0 Å². The van der Waals surface area contributed by atoms with Crippen molar-refractivity contribution in [1.29, 1.82) is 0 Å². The van der Waals surface area contributed by atoms with Gasteiger partial charge in [-0.05, 0) is 37.1 Å². The number of rotatable bonds is 4. The molecule has 0 radical (unpaired) electrons. The van der Waals surface area contributed by atoms with Crippen LogP contribution in [0.15, 0.2) is 24.3 Å². The number of benzene rings is 1. The molecule has 0 amide bonds. The molecule has 17 heavy (non-hydrogen) atoms. The van der Waals surface area contributed by atoms with Crippen LogP contribution in [0.2, 0.25) is 0 Å². The van der Waals surface area contributed by atoms with E-state index in [1.165, 1.54) is 24.3 Å². The summed E-state index contributed by atoms with van der Waals surface area (Å²) in [5, 5.41) is 0. The second kappa shape index (κ2) is 5.89. The minimum Gasteiger partial charge on any atom is -0.381 e. The van der Waals surface area contributed by atoms with Crippen molar-refractivity contribution in [2.24, 2.45) is 0 Å². The molecule has 0 aliphatic carbocycles. The van der Waals surface area contributed by atoms with Crippen molar-refractivity contribution in [2.45, 2.75) is 18.9 Å². The average molecular weight is 238 g/mol. The summed E-state index contributed by atoms with van der Waals surface area (Å²) >= 11 is 0. The third-order valence-corrected chi connectivity index (χ3v) is 2.78. The summed E-state index contributed by atoms with van der Waals surface area (Å²) in [7, 11) is 0. The first-order valence-corrected chi connectivity index (χ1v) is 5.74. The highest BCUT2D eigenvalue weighted by molar-refractivity contribution is 5.97. The monoisotopic (exact) mass is 238 g/mol. The van der Waals surface area contributed by atoms with Gasteiger partial charge in [-0.3, -0.25) is 4.79 Å². The molecule has 2 rings (SSSR count). The number of hydrogen-bond acceptors (Lipinski definition) is 3. The van der Waals surface area contributed by atoms with Crippen molar-refractivity contribution in [3.05, 3.63) is 35.6 Å². The molecule has 0 saturated carbocycles. The fourth-order valence-corrected chi connectivity index (χ4v) is 1.76. The summed E-state index contributed by atoms with van der Waals surface area (Å²) in [5.41, 5.74) is 0.485. The molecule has 3 nitrogen and oxygen atoms in total. The molecule has 1 aromatic rings. The Kier molecular flexibility index (Phi) is 4.23. The Morgan fingerprint density at radius 1 is 1.29 bits per heavy atom. The summed E-state index contributed by atoms with van der Waals surface area (Å²) in [4.78, 5) is 11.7. The number of hydrogen-bond donors (Lipinski definition) is 0. The van der Waals surface area contributed by atoms with Crippen LogP contribution in [0.3, 0.4) is 0 Å². The van der Waals surface area contributed by atoms with E-state index in [9.17, 15) is 9.18 Å². The highest BCUT2D eigenvalue weighted by atomic mass is 19.1. The smallest absolute Gasteiger partial charge is 0.188 e. The van der Waals surface area contributed by atoms with E-state index in [0.717, 1.165) is 12.8 Å². The second-order valence-corrected chi connectivity index (χ2v) is 4.05. The summed E-state index contributed by atoms with van der Waals surface area (Å²) in [6.45, 7) is 1.43. The molecule has 4 heteroatoms. The van der Waals surface area contributed by atoms with Crippen LogP contribution in [0.25, 0.3) is 0 Å². The van der Waals surface area contributed by atoms with Crippen LogP contribution in [0.4, 0.5) is 4.39 Å². The number of halogens is 1. The Labute approximate surface area is 99.5 Å². The van der Waals surface area contributed by atoms with Crippen LogP contribution in [-0.2, 0) is 9.47 Å². The number of ketones is 1. The Morgan fingerprint density at radius 2 is 1.94 bits per heavy atom. The molecule has 0 atom stereocenters.